The number of pyridine rings is 1. The zero-order chi connectivity index (χ0) is 24.9. The molecule has 1 aromatic heterocycles. The lowest BCUT2D eigenvalue weighted by Gasteiger charge is -2.35. The van der Waals surface area contributed by atoms with Crippen LogP contribution in [0.25, 0.3) is 0 Å². The minimum absolute atomic E-state index is 0.192. The van der Waals surface area contributed by atoms with Gasteiger partial charge in [0.1, 0.15) is 6.04 Å². The van der Waals surface area contributed by atoms with Gasteiger partial charge in [0.25, 0.3) is 5.91 Å². The fourth-order valence-electron chi connectivity index (χ4n) is 6.00. The number of amides is 1. The van der Waals surface area contributed by atoms with Crippen LogP contribution in [0, 0.1) is 5.92 Å². The van der Waals surface area contributed by atoms with Crippen molar-refractivity contribution in [1.82, 2.24) is 10.3 Å². The number of ether oxygens (including phenoxy) is 1. The average Bonchev–Trinajstić information content (AvgIpc) is 2.88. The zero-order valence-corrected chi connectivity index (χ0v) is 21.1. The van der Waals surface area contributed by atoms with Gasteiger partial charge < -0.3 is 15.2 Å². The third-order valence-electron chi connectivity index (χ3n) is 8.24. The molecule has 0 radical (unpaired) electrons. The summed E-state index contributed by atoms with van der Waals surface area (Å²) < 4.78 is 5.96. The van der Waals surface area contributed by atoms with E-state index in [0.717, 1.165) is 63.4 Å². The third-order valence-corrected chi connectivity index (χ3v) is 8.24. The molecule has 6 heteroatoms. The number of nitrogens with zero attached hydrogens (tertiary/aromatic N) is 1. The van der Waals surface area contributed by atoms with Crippen LogP contribution in [0.2, 0.25) is 0 Å². The molecule has 0 unspecified atom stereocenters. The molecule has 5 rings (SSSR count). The largest absolute Gasteiger partial charge is 0.480 e. The Hall–Kier alpha value is -2.73. The first-order valence-corrected chi connectivity index (χ1v) is 13.8. The van der Waals surface area contributed by atoms with Gasteiger partial charge in [-0.05, 0) is 112 Å². The number of hydrogen-bond acceptors (Lipinski definition) is 4. The Morgan fingerprint density at radius 1 is 1.00 bits per heavy atom. The molecule has 1 atom stereocenters. The first-order valence-electron chi connectivity index (χ1n) is 13.8. The van der Waals surface area contributed by atoms with Crippen molar-refractivity contribution >= 4 is 11.9 Å². The molecule has 0 spiro atoms. The monoisotopic (exact) mass is 490 g/mol. The van der Waals surface area contributed by atoms with E-state index in [1.54, 1.807) is 0 Å². The van der Waals surface area contributed by atoms with Crippen LogP contribution in [-0.2, 0) is 41.6 Å². The summed E-state index contributed by atoms with van der Waals surface area (Å²) in [5.74, 6) is -0.659. The standard InChI is InChI=1S/C30H38N2O4/c33-29(26-10-5-8-21-6-1-3-9-25(21)26)32-28(30(34)35)16-17-36-24-18-20(19-24)12-14-23-15-13-22-7-2-4-11-27(22)31-23/h5,8,10,13,15,20,24,28H,1-4,6-7,9,11-12,14,16-19H2,(H,32,33)(H,34,35)/t20?,24?,28-/m0/s1. The Bertz CT molecular complexity index is 1090. The fourth-order valence-corrected chi connectivity index (χ4v) is 6.00. The molecule has 0 aliphatic heterocycles. The average molecular weight is 491 g/mol. The molecule has 3 aliphatic carbocycles. The van der Waals surface area contributed by atoms with Gasteiger partial charge in [-0.3, -0.25) is 9.78 Å². The number of aryl methyl sites for hydroxylation is 4. The quantitative estimate of drug-likeness (QED) is 0.498. The number of carbonyl (C=O) groups is 2. The number of fused-ring (bicyclic) bond motifs is 2. The summed E-state index contributed by atoms with van der Waals surface area (Å²) in [5.41, 5.74) is 6.86. The molecular weight excluding hydrogens is 452 g/mol. The number of aliphatic carboxylic acids is 1. The number of nitrogens with one attached hydrogen (secondary N) is 1. The van der Waals surface area contributed by atoms with E-state index in [0.29, 0.717) is 18.1 Å². The van der Waals surface area contributed by atoms with Gasteiger partial charge in [0.05, 0.1) is 6.10 Å². The molecule has 1 amide bonds. The molecule has 1 saturated carbocycles. The number of carboxylic acid groups (broad SMARTS) is 1. The summed E-state index contributed by atoms with van der Waals surface area (Å²) >= 11 is 0. The van der Waals surface area contributed by atoms with Crippen molar-refractivity contribution in [3.63, 3.8) is 0 Å². The Balaban J connectivity index is 1.03. The number of carbonyl (C=O) groups excluding carboxylic acids is 1. The van der Waals surface area contributed by atoms with E-state index in [9.17, 15) is 14.7 Å². The topological polar surface area (TPSA) is 88.5 Å². The second-order valence-corrected chi connectivity index (χ2v) is 10.8. The van der Waals surface area contributed by atoms with Crippen molar-refractivity contribution in [2.75, 3.05) is 6.61 Å². The third kappa shape index (κ3) is 5.97. The van der Waals surface area contributed by atoms with E-state index in [-0.39, 0.29) is 18.4 Å². The second-order valence-electron chi connectivity index (χ2n) is 10.8. The van der Waals surface area contributed by atoms with Crippen LogP contribution >= 0.6 is 0 Å². The molecule has 3 aliphatic rings. The van der Waals surface area contributed by atoms with Gasteiger partial charge in [0.2, 0.25) is 0 Å². The number of rotatable bonds is 10. The Morgan fingerprint density at radius 2 is 1.78 bits per heavy atom. The first kappa shape index (κ1) is 24.9. The smallest absolute Gasteiger partial charge is 0.326 e. The van der Waals surface area contributed by atoms with Crippen LogP contribution in [0.15, 0.2) is 30.3 Å². The number of aromatic nitrogens is 1. The first-order chi connectivity index (χ1) is 17.6. The Labute approximate surface area is 213 Å². The molecule has 0 saturated heterocycles. The highest BCUT2D eigenvalue weighted by molar-refractivity contribution is 5.98. The van der Waals surface area contributed by atoms with Crippen LogP contribution in [-0.4, -0.2) is 40.7 Å². The summed E-state index contributed by atoms with van der Waals surface area (Å²) in [6.45, 7) is 0.341. The van der Waals surface area contributed by atoms with Crippen LogP contribution in [0.1, 0.15) is 89.8 Å². The highest BCUT2D eigenvalue weighted by Gasteiger charge is 2.30. The molecule has 0 bridgehead atoms. The van der Waals surface area contributed by atoms with Gasteiger partial charge in [-0.15, -0.1) is 0 Å². The number of carboxylic acids is 1. The van der Waals surface area contributed by atoms with Crippen LogP contribution in [0.3, 0.4) is 0 Å². The fraction of sp³-hybridized carbons (Fsp3) is 0.567. The van der Waals surface area contributed by atoms with Gasteiger partial charge >= 0.3 is 5.97 Å². The maximum absolute atomic E-state index is 12.9. The minimum Gasteiger partial charge on any atom is -0.480 e. The molecule has 192 valence electrons. The summed E-state index contributed by atoms with van der Waals surface area (Å²) in [7, 11) is 0. The van der Waals surface area contributed by atoms with E-state index >= 15 is 0 Å². The summed E-state index contributed by atoms with van der Waals surface area (Å²) in [6.07, 6.45) is 13.5. The highest BCUT2D eigenvalue weighted by atomic mass is 16.5. The SMILES string of the molecule is O=C(N[C@@H](CCOC1CC(CCc2ccc3c(n2)CCCC3)C1)C(=O)O)c1cccc2c1CCCC2. The van der Waals surface area contributed by atoms with Crippen molar-refractivity contribution in [2.45, 2.75) is 95.6 Å². The van der Waals surface area contributed by atoms with Crippen molar-refractivity contribution in [3.05, 3.63) is 64.0 Å². The van der Waals surface area contributed by atoms with E-state index in [1.807, 2.05) is 12.1 Å². The molecule has 1 fully saturated rings. The molecule has 36 heavy (non-hydrogen) atoms. The Morgan fingerprint density at radius 3 is 2.61 bits per heavy atom. The van der Waals surface area contributed by atoms with E-state index in [2.05, 4.69) is 23.5 Å². The lowest BCUT2D eigenvalue weighted by molar-refractivity contribution is -0.140. The summed E-state index contributed by atoms with van der Waals surface area (Å²) in [6, 6.07) is 9.30. The molecular formula is C30H38N2O4. The number of hydrogen-bond donors (Lipinski definition) is 2. The number of benzene rings is 1. The van der Waals surface area contributed by atoms with Crippen LogP contribution < -0.4 is 5.32 Å². The second kappa shape index (κ2) is 11.5. The van der Waals surface area contributed by atoms with Crippen molar-refractivity contribution < 1.29 is 19.4 Å². The maximum Gasteiger partial charge on any atom is 0.326 e. The normalized spacial score (nSPS) is 21.6. The highest BCUT2D eigenvalue weighted by Crippen LogP contribution is 2.34. The van der Waals surface area contributed by atoms with Gasteiger partial charge in [0.15, 0.2) is 0 Å². The van der Waals surface area contributed by atoms with Crippen LogP contribution in [0.5, 0.6) is 0 Å². The van der Waals surface area contributed by atoms with Crippen molar-refractivity contribution in [3.8, 4) is 0 Å². The van der Waals surface area contributed by atoms with E-state index < -0.39 is 12.0 Å². The summed E-state index contributed by atoms with van der Waals surface area (Å²) in [4.78, 5) is 29.6. The predicted octanol–water partition coefficient (Wildman–Crippen LogP) is 4.84. The molecule has 2 N–H and O–H groups in total. The minimum atomic E-state index is -1.01. The van der Waals surface area contributed by atoms with Gasteiger partial charge in [-0.1, -0.05) is 18.2 Å². The predicted molar refractivity (Wildman–Crippen MR) is 138 cm³/mol. The zero-order valence-electron chi connectivity index (χ0n) is 21.1. The van der Waals surface area contributed by atoms with Gasteiger partial charge in [-0.25, -0.2) is 4.79 Å². The van der Waals surface area contributed by atoms with E-state index in [4.69, 9.17) is 9.72 Å². The lowest BCUT2D eigenvalue weighted by Crippen LogP contribution is -2.42. The molecule has 1 heterocycles. The lowest BCUT2D eigenvalue weighted by atomic mass is 9.79. The van der Waals surface area contributed by atoms with Gasteiger partial charge in [0, 0.05) is 30.0 Å². The van der Waals surface area contributed by atoms with Crippen molar-refractivity contribution in [1.29, 1.82) is 0 Å². The Kier molecular flexibility index (Phi) is 8.00. The summed E-state index contributed by atoms with van der Waals surface area (Å²) in [5, 5.41) is 12.4. The van der Waals surface area contributed by atoms with E-state index in [1.165, 1.54) is 41.8 Å². The van der Waals surface area contributed by atoms with Crippen LogP contribution in [0.4, 0.5) is 0 Å². The maximum atomic E-state index is 12.9. The van der Waals surface area contributed by atoms with Crippen molar-refractivity contribution in [2.24, 2.45) is 5.92 Å². The molecule has 2 aromatic rings. The molecule has 1 aromatic carbocycles. The molecule has 6 nitrogen and oxygen atoms in total. The van der Waals surface area contributed by atoms with Gasteiger partial charge in [-0.2, -0.15) is 0 Å².